The van der Waals surface area contributed by atoms with Crippen molar-refractivity contribution in [2.75, 3.05) is 0 Å². The lowest BCUT2D eigenvalue weighted by molar-refractivity contribution is -0.217. The van der Waals surface area contributed by atoms with Crippen molar-refractivity contribution in [3.05, 3.63) is 35.4 Å². The Morgan fingerprint density at radius 1 is 1.15 bits per heavy atom. The van der Waals surface area contributed by atoms with Crippen molar-refractivity contribution in [2.45, 2.75) is 58.7 Å². The molecule has 0 spiro atoms. The lowest BCUT2D eigenvalue weighted by Crippen LogP contribution is -2.35. The number of hydrogen-bond donors (Lipinski definition) is 1. The minimum absolute atomic E-state index is 0.00268. The molecule has 0 amide bonds. The quantitative estimate of drug-likeness (QED) is 0.883. The van der Waals surface area contributed by atoms with Crippen LogP contribution in [0.1, 0.15) is 38.8 Å². The minimum Gasteiger partial charge on any atom is -0.364 e. The molecule has 1 unspecified atom stereocenters. The lowest BCUT2D eigenvalue weighted by atomic mass is 10.1. The fourth-order valence-electron chi connectivity index (χ4n) is 1.51. The zero-order valence-electron chi connectivity index (χ0n) is 12.3. The number of rotatable bonds is 5. The molecule has 114 valence electrons. The first-order valence-electron chi connectivity index (χ1n) is 6.59. The molecular formula is C15H22F3NO. The van der Waals surface area contributed by atoms with Crippen molar-refractivity contribution >= 4 is 0 Å². The van der Waals surface area contributed by atoms with Crippen molar-refractivity contribution in [1.29, 1.82) is 0 Å². The van der Waals surface area contributed by atoms with Crippen LogP contribution in [0.5, 0.6) is 0 Å². The molecule has 0 saturated carbocycles. The van der Waals surface area contributed by atoms with E-state index < -0.39 is 12.3 Å². The Balaban J connectivity index is 2.56. The normalized spacial score (nSPS) is 14.3. The molecule has 20 heavy (non-hydrogen) atoms. The smallest absolute Gasteiger partial charge is 0.364 e. The summed E-state index contributed by atoms with van der Waals surface area (Å²) in [6, 6.07) is 7.40. The molecule has 0 aliphatic rings. The Kier molecular flexibility index (Phi) is 5.59. The predicted octanol–water partition coefficient (Wildman–Crippen LogP) is 4.04. The highest BCUT2D eigenvalue weighted by Crippen LogP contribution is 2.23. The average molecular weight is 289 g/mol. The van der Waals surface area contributed by atoms with Crippen LogP contribution in [0.4, 0.5) is 13.2 Å². The molecule has 1 aromatic carbocycles. The van der Waals surface area contributed by atoms with E-state index in [1.54, 1.807) is 6.07 Å². The van der Waals surface area contributed by atoms with Gasteiger partial charge in [-0.3, -0.25) is 0 Å². The van der Waals surface area contributed by atoms with Crippen LogP contribution in [0.3, 0.4) is 0 Å². The molecular weight excluding hydrogens is 267 g/mol. The molecule has 1 aromatic rings. The Hall–Kier alpha value is -1.07. The van der Waals surface area contributed by atoms with Gasteiger partial charge in [0.25, 0.3) is 0 Å². The maximum Gasteiger partial charge on any atom is 0.414 e. The van der Waals surface area contributed by atoms with Crippen LogP contribution in [0.15, 0.2) is 24.3 Å². The summed E-state index contributed by atoms with van der Waals surface area (Å²) in [6.07, 6.45) is -6.07. The van der Waals surface area contributed by atoms with Gasteiger partial charge in [-0.15, -0.1) is 0 Å². The van der Waals surface area contributed by atoms with Gasteiger partial charge in [0.1, 0.15) is 0 Å². The van der Waals surface area contributed by atoms with Gasteiger partial charge < -0.3 is 10.1 Å². The molecule has 1 rings (SSSR count). The summed E-state index contributed by atoms with van der Waals surface area (Å²) in [7, 11) is 0. The van der Waals surface area contributed by atoms with Gasteiger partial charge in [-0.2, -0.15) is 13.2 Å². The number of alkyl halides is 3. The van der Waals surface area contributed by atoms with Gasteiger partial charge in [0, 0.05) is 12.1 Å². The summed E-state index contributed by atoms with van der Waals surface area (Å²) in [5.74, 6) is 0. The molecule has 2 nitrogen and oxygen atoms in total. The van der Waals surface area contributed by atoms with Gasteiger partial charge >= 0.3 is 6.18 Å². The third-order valence-corrected chi connectivity index (χ3v) is 2.78. The van der Waals surface area contributed by atoms with Crippen LogP contribution in [0, 0.1) is 0 Å². The Morgan fingerprint density at radius 3 is 2.30 bits per heavy atom. The highest BCUT2D eigenvalue weighted by molar-refractivity contribution is 5.23. The van der Waals surface area contributed by atoms with Crippen molar-refractivity contribution in [3.8, 4) is 0 Å². The van der Waals surface area contributed by atoms with Gasteiger partial charge in [-0.05, 0) is 38.8 Å². The number of nitrogens with one attached hydrogen (secondary N) is 1. The third kappa shape index (κ3) is 6.39. The molecule has 0 aromatic heterocycles. The highest BCUT2D eigenvalue weighted by Gasteiger charge is 2.36. The van der Waals surface area contributed by atoms with Crippen LogP contribution in [0.2, 0.25) is 0 Å². The summed E-state index contributed by atoms with van der Waals surface area (Å²) in [4.78, 5) is 0. The zero-order valence-corrected chi connectivity index (χ0v) is 12.3. The maximum atomic E-state index is 12.3. The van der Waals surface area contributed by atoms with E-state index >= 15 is 0 Å². The first-order valence-corrected chi connectivity index (χ1v) is 6.59. The van der Waals surface area contributed by atoms with E-state index in [9.17, 15) is 13.2 Å². The fourth-order valence-corrected chi connectivity index (χ4v) is 1.51. The van der Waals surface area contributed by atoms with E-state index in [2.05, 4.69) is 26.1 Å². The van der Waals surface area contributed by atoms with Crippen LogP contribution < -0.4 is 5.32 Å². The SMILES string of the molecule is CC(OCc1cccc(CNC(C)(C)C)c1)C(F)(F)F. The lowest BCUT2D eigenvalue weighted by Gasteiger charge is -2.21. The van der Waals surface area contributed by atoms with E-state index in [0.29, 0.717) is 6.54 Å². The third-order valence-electron chi connectivity index (χ3n) is 2.78. The standard InChI is InChI=1S/C15H22F3NO/c1-11(15(16,17)18)20-10-13-7-5-6-12(8-13)9-19-14(2,3)4/h5-8,11,19H,9-10H2,1-4H3. The molecule has 0 saturated heterocycles. The zero-order chi connectivity index (χ0) is 15.4. The van der Waals surface area contributed by atoms with Crippen LogP contribution >= 0.6 is 0 Å². The minimum atomic E-state index is -4.31. The molecule has 0 aliphatic carbocycles. The molecule has 0 fully saturated rings. The molecule has 0 aliphatic heterocycles. The molecule has 0 bridgehead atoms. The first-order chi connectivity index (χ1) is 9.08. The largest absolute Gasteiger partial charge is 0.414 e. The van der Waals surface area contributed by atoms with Crippen LogP contribution in [0.25, 0.3) is 0 Å². The van der Waals surface area contributed by atoms with Crippen molar-refractivity contribution < 1.29 is 17.9 Å². The average Bonchev–Trinajstić information content (AvgIpc) is 2.32. The maximum absolute atomic E-state index is 12.3. The number of hydrogen-bond acceptors (Lipinski definition) is 2. The van der Waals surface area contributed by atoms with Gasteiger partial charge in [-0.1, -0.05) is 24.3 Å². The molecule has 5 heteroatoms. The van der Waals surface area contributed by atoms with Crippen molar-refractivity contribution in [2.24, 2.45) is 0 Å². The number of halogens is 3. The van der Waals surface area contributed by atoms with Gasteiger partial charge in [0.05, 0.1) is 6.61 Å². The number of benzene rings is 1. The first kappa shape index (κ1) is 17.0. The van der Waals surface area contributed by atoms with Gasteiger partial charge in [0.2, 0.25) is 0 Å². The van der Waals surface area contributed by atoms with E-state index in [4.69, 9.17) is 4.74 Å². The van der Waals surface area contributed by atoms with E-state index in [1.165, 1.54) is 0 Å². The Morgan fingerprint density at radius 2 is 1.75 bits per heavy atom. The predicted molar refractivity (Wildman–Crippen MR) is 73.3 cm³/mol. The molecule has 1 atom stereocenters. The second-order valence-electron chi connectivity index (χ2n) is 5.92. The summed E-state index contributed by atoms with van der Waals surface area (Å²) in [6.45, 7) is 7.84. The highest BCUT2D eigenvalue weighted by atomic mass is 19.4. The van der Waals surface area contributed by atoms with Crippen LogP contribution in [-0.2, 0) is 17.9 Å². The van der Waals surface area contributed by atoms with Crippen LogP contribution in [-0.4, -0.2) is 17.8 Å². The second kappa shape index (κ2) is 6.59. The fraction of sp³-hybridized carbons (Fsp3) is 0.600. The van der Waals surface area contributed by atoms with E-state index in [-0.39, 0.29) is 12.1 Å². The van der Waals surface area contributed by atoms with Crippen molar-refractivity contribution in [1.82, 2.24) is 5.32 Å². The monoisotopic (exact) mass is 289 g/mol. The van der Waals surface area contributed by atoms with E-state index in [1.807, 2.05) is 18.2 Å². The van der Waals surface area contributed by atoms with Crippen molar-refractivity contribution in [3.63, 3.8) is 0 Å². The Bertz CT molecular complexity index is 424. The van der Waals surface area contributed by atoms with E-state index in [0.717, 1.165) is 18.1 Å². The molecule has 0 radical (unpaired) electrons. The summed E-state index contributed by atoms with van der Waals surface area (Å²) in [5.41, 5.74) is 1.77. The summed E-state index contributed by atoms with van der Waals surface area (Å²) >= 11 is 0. The molecule has 1 N–H and O–H groups in total. The number of ether oxygens (including phenoxy) is 1. The summed E-state index contributed by atoms with van der Waals surface area (Å²) in [5, 5.41) is 3.33. The topological polar surface area (TPSA) is 21.3 Å². The van der Waals surface area contributed by atoms with Gasteiger partial charge in [-0.25, -0.2) is 0 Å². The Labute approximate surface area is 118 Å². The van der Waals surface area contributed by atoms with Gasteiger partial charge in [0.15, 0.2) is 6.10 Å². The molecule has 0 heterocycles. The second-order valence-corrected chi connectivity index (χ2v) is 5.92. The summed E-state index contributed by atoms with van der Waals surface area (Å²) < 4.78 is 41.9.